The maximum Gasteiger partial charge on any atom is 0.254 e. The zero-order chi connectivity index (χ0) is 22.4. The fraction of sp³-hybridized carbons (Fsp3) is 0.250. The molecule has 33 heavy (non-hydrogen) atoms. The largest absolute Gasteiger partial charge is 0.489 e. The molecule has 3 aliphatic carbocycles. The van der Waals surface area contributed by atoms with Crippen molar-refractivity contribution >= 4 is 28.8 Å². The van der Waals surface area contributed by atoms with E-state index in [0.717, 1.165) is 34.7 Å². The van der Waals surface area contributed by atoms with E-state index in [1.807, 2.05) is 42.5 Å². The molecule has 0 spiro atoms. The maximum absolute atomic E-state index is 12.9. The number of rotatable bonds is 5. The summed E-state index contributed by atoms with van der Waals surface area (Å²) in [6, 6.07) is 22.0. The van der Waals surface area contributed by atoms with Gasteiger partial charge in [-0.05, 0) is 70.8 Å². The average Bonchev–Trinajstić information content (AvgIpc) is 3.14. The van der Waals surface area contributed by atoms with Crippen LogP contribution in [0.2, 0.25) is 0 Å². The molecule has 3 aromatic rings. The summed E-state index contributed by atoms with van der Waals surface area (Å²) in [5.41, 5.74) is 1.94. The van der Waals surface area contributed by atoms with Crippen LogP contribution in [0.1, 0.15) is 24.0 Å². The van der Waals surface area contributed by atoms with E-state index in [-0.39, 0.29) is 35.5 Å². The molecule has 2 fully saturated rings. The van der Waals surface area contributed by atoms with Gasteiger partial charge in [0, 0.05) is 0 Å². The van der Waals surface area contributed by atoms with Crippen LogP contribution in [-0.4, -0.2) is 23.0 Å². The SMILES string of the molecule is O=C1[C@@H]2[C@@H](C(=O)N1/N=C\c1ccc(OCc3cccc4ccccc34)cc1)[C@H]1C=C[C@H]2CC1. The quantitative estimate of drug-likeness (QED) is 0.323. The molecule has 1 aliphatic heterocycles. The van der Waals surface area contributed by atoms with E-state index in [0.29, 0.717) is 6.61 Å². The fourth-order valence-corrected chi connectivity index (χ4v) is 5.53. The first-order valence-electron chi connectivity index (χ1n) is 11.5. The highest BCUT2D eigenvalue weighted by molar-refractivity contribution is 6.06. The molecule has 2 bridgehead atoms. The molecule has 1 heterocycles. The second-order valence-electron chi connectivity index (χ2n) is 9.07. The topological polar surface area (TPSA) is 59.0 Å². The van der Waals surface area contributed by atoms with Crippen molar-refractivity contribution in [2.75, 3.05) is 0 Å². The van der Waals surface area contributed by atoms with Gasteiger partial charge in [0.25, 0.3) is 11.8 Å². The minimum Gasteiger partial charge on any atom is -0.489 e. The summed E-state index contributed by atoms with van der Waals surface area (Å²) < 4.78 is 5.99. The lowest BCUT2D eigenvalue weighted by Crippen LogP contribution is -2.38. The molecule has 0 aromatic heterocycles. The van der Waals surface area contributed by atoms with Crippen molar-refractivity contribution in [2.24, 2.45) is 28.8 Å². The number of allylic oxidation sites excluding steroid dienone is 2. The molecule has 1 saturated heterocycles. The van der Waals surface area contributed by atoms with Gasteiger partial charge in [-0.1, -0.05) is 54.6 Å². The molecule has 1 saturated carbocycles. The van der Waals surface area contributed by atoms with E-state index in [1.165, 1.54) is 10.8 Å². The van der Waals surface area contributed by atoms with Gasteiger partial charge in [-0.2, -0.15) is 10.1 Å². The predicted molar refractivity (Wildman–Crippen MR) is 127 cm³/mol. The lowest BCUT2D eigenvalue weighted by molar-refractivity contribution is -0.140. The minimum atomic E-state index is -0.233. The average molecular weight is 437 g/mol. The Balaban J connectivity index is 1.13. The second kappa shape index (κ2) is 8.00. The Labute approximate surface area is 192 Å². The molecule has 4 aliphatic rings. The normalized spacial score (nSPS) is 25.9. The third kappa shape index (κ3) is 3.44. The van der Waals surface area contributed by atoms with Crippen LogP contribution in [-0.2, 0) is 16.2 Å². The Morgan fingerprint density at radius 2 is 1.52 bits per heavy atom. The van der Waals surface area contributed by atoms with Gasteiger partial charge in [-0.3, -0.25) is 9.59 Å². The fourth-order valence-electron chi connectivity index (χ4n) is 5.53. The van der Waals surface area contributed by atoms with E-state index in [1.54, 1.807) is 6.21 Å². The van der Waals surface area contributed by atoms with Crippen molar-refractivity contribution < 1.29 is 14.3 Å². The molecule has 5 nitrogen and oxygen atoms in total. The van der Waals surface area contributed by atoms with Crippen molar-refractivity contribution in [1.29, 1.82) is 0 Å². The highest BCUT2D eigenvalue weighted by Gasteiger charge is 2.56. The Kier molecular flexibility index (Phi) is 4.83. The van der Waals surface area contributed by atoms with Crippen LogP contribution in [0.4, 0.5) is 0 Å². The standard InChI is InChI=1S/C28H24N2O3/c31-27-25-20-10-11-21(13-12-20)26(25)28(32)30(27)29-16-18-8-14-23(15-9-18)33-17-22-6-3-5-19-4-1-2-7-24(19)22/h1-11,14-16,20-21,25-26H,12-13,17H2/b29-16-/t20-,21-,25-,26-/m0/s1. The number of hydrazone groups is 1. The van der Waals surface area contributed by atoms with Crippen LogP contribution < -0.4 is 4.74 Å². The van der Waals surface area contributed by atoms with Gasteiger partial charge in [0.15, 0.2) is 0 Å². The van der Waals surface area contributed by atoms with E-state index >= 15 is 0 Å². The summed E-state index contributed by atoms with van der Waals surface area (Å²) in [5, 5.41) is 7.75. The number of fused-ring (bicyclic) bond motifs is 2. The third-order valence-electron chi connectivity index (χ3n) is 7.21. The van der Waals surface area contributed by atoms with Crippen molar-refractivity contribution in [3.63, 3.8) is 0 Å². The van der Waals surface area contributed by atoms with Gasteiger partial charge in [-0.15, -0.1) is 0 Å². The second-order valence-corrected chi connectivity index (χ2v) is 9.07. The molecule has 5 heteroatoms. The van der Waals surface area contributed by atoms with Gasteiger partial charge in [-0.25, -0.2) is 0 Å². The van der Waals surface area contributed by atoms with Crippen molar-refractivity contribution in [3.8, 4) is 5.75 Å². The van der Waals surface area contributed by atoms with E-state index < -0.39 is 0 Å². The minimum absolute atomic E-state index is 0.157. The molecule has 0 radical (unpaired) electrons. The van der Waals surface area contributed by atoms with Crippen LogP contribution in [0.15, 0.2) is 84.0 Å². The number of carbonyl (C=O) groups excluding carboxylic acids is 2. The Hall–Kier alpha value is -3.73. The predicted octanol–water partition coefficient (Wildman–Crippen LogP) is 4.95. The van der Waals surface area contributed by atoms with E-state index in [2.05, 4.69) is 41.5 Å². The smallest absolute Gasteiger partial charge is 0.254 e. The summed E-state index contributed by atoms with van der Waals surface area (Å²) in [6.45, 7) is 0.477. The number of benzene rings is 3. The highest BCUT2D eigenvalue weighted by Crippen LogP contribution is 2.49. The van der Waals surface area contributed by atoms with Crippen LogP contribution in [0.25, 0.3) is 10.8 Å². The first-order valence-corrected chi connectivity index (χ1v) is 11.5. The zero-order valence-corrected chi connectivity index (χ0v) is 18.1. The van der Waals surface area contributed by atoms with Crippen LogP contribution >= 0.6 is 0 Å². The number of nitrogens with zero attached hydrogens (tertiary/aromatic N) is 2. The maximum atomic E-state index is 12.9. The van der Waals surface area contributed by atoms with Crippen LogP contribution in [0.5, 0.6) is 5.75 Å². The number of hydrogen-bond donors (Lipinski definition) is 0. The molecular formula is C28H24N2O3. The number of imide groups is 1. The highest BCUT2D eigenvalue weighted by atomic mass is 16.5. The molecular weight excluding hydrogens is 412 g/mol. The van der Waals surface area contributed by atoms with Gasteiger partial charge in [0.1, 0.15) is 12.4 Å². The van der Waals surface area contributed by atoms with E-state index in [9.17, 15) is 9.59 Å². The number of hydrogen-bond acceptors (Lipinski definition) is 4. The molecule has 164 valence electrons. The van der Waals surface area contributed by atoms with Crippen LogP contribution in [0, 0.1) is 23.7 Å². The number of amides is 2. The first kappa shape index (κ1) is 19.9. The van der Waals surface area contributed by atoms with Crippen molar-refractivity contribution in [3.05, 3.63) is 90.0 Å². The number of carbonyl (C=O) groups is 2. The molecule has 3 aromatic carbocycles. The lowest BCUT2D eigenvalue weighted by Gasteiger charge is -2.37. The van der Waals surface area contributed by atoms with Gasteiger partial charge < -0.3 is 4.74 Å². The Morgan fingerprint density at radius 1 is 0.848 bits per heavy atom. The summed E-state index contributed by atoms with van der Waals surface area (Å²) in [6.07, 6.45) is 7.78. The monoisotopic (exact) mass is 436 g/mol. The molecule has 0 N–H and O–H groups in total. The molecule has 4 atom stereocenters. The lowest BCUT2D eigenvalue weighted by atomic mass is 9.63. The van der Waals surface area contributed by atoms with Crippen molar-refractivity contribution in [1.82, 2.24) is 5.01 Å². The van der Waals surface area contributed by atoms with Gasteiger partial charge in [0.05, 0.1) is 18.1 Å². The molecule has 7 rings (SSSR count). The summed E-state index contributed by atoms with van der Waals surface area (Å²) in [7, 11) is 0. The van der Waals surface area contributed by atoms with Crippen molar-refractivity contribution in [2.45, 2.75) is 19.4 Å². The summed E-state index contributed by atoms with van der Waals surface area (Å²) >= 11 is 0. The van der Waals surface area contributed by atoms with E-state index in [4.69, 9.17) is 4.74 Å². The number of ether oxygens (including phenoxy) is 1. The summed E-state index contributed by atoms with van der Waals surface area (Å²) in [5.74, 6) is 0.323. The summed E-state index contributed by atoms with van der Waals surface area (Å²) in [4.78, 5) is 25.7. The van der Waals surface area contributed by atoms with Gasteiger partial charge in [0.2, 0.25) is 0 Å². The Morgan fingerprint density at radius 3 is 2.21 bits per heavy atom. The molecule has 2 amide bonds. The van der Waals surface area contributed by atoms with Gasteiger partial charge >= 0.3 is 0 Å². The van der Waals surface area contributed by atoms with Crippen LogP contribution in [0.3, 0.4) is 0 Å². The zero-order valence-electron chi connectivity index (χ0n) is 18.1. The Bertz CT molecular complexity index is 1260. The third-order valence-corrected chi connectivity index (χ3v) is 7.21. The first-order chi connectivity index (χ1) is 16.2. The molecule has 0 unspecified atom stereocenters.